The van der Waals surface area contributed by atoms with Crippen LogP contribution in [0.4, 0.5) is 4.79 Å². The summed E-state index contributed by atoms with van der Waals surface area (Å²) in [6.45, 7) is 1.69. The zero-order chi connectivity index (χ0) is 32.6. The number of ether oxygens (including phenoxy) is 2. The van der Waals surface area contributed by atoms with Gasteiger partial charge in [0.25, 0.3) is 0 Å². The zero-order valence-corrected chi connectivity index (χ0v) is 27.4. The molecule has 2 aliphatic rings. The van der Waals surface area contributed by atoms with Crippen LogP contribution in [0.15, 0.2) is 103 Å². The summed E-state index contributed by atoms with van der Waals surface area (Å²) in [4.78, 5) is 26.5. The number of nitrogens with one attached hydrogen (secondary N) is 1. The van der Waals surface area contributed by atoms with Crippen LogP contribution >= 0.6 is 7.60 Å². The molecule has 0 aromatic heterocycles. The second-order valence-corrected chi connectivity index (χ2v) is 14.1. The number of hydrogen-bond acceptors (Lipinski definition) is 7. The van der Waals surface area contributed by atoms with Gasteiger partial charge in [0.05, 0.1) is 6.10 Å². The minimum absolute atomic E-state index is 0.0505. The molecule has 1 amide bonds. The average molecular weight is 654 g/mol. The van der Waals surface area contributed by atoms with Crippen LogP contribution in [0.2, 0.25) is 0 Å². The predicted molar refractivity (Wildman–Crippen MR) is 180 cm³/mol. The molecular formula is C38H40NO7P. The lowest BCUT2D eigenvalue weighted by Gasteiger charge is -2.25. The molecule has 0 radical (unpaired) electrons. The van der Waals surface area contributed by atoms with E-state index in [1.54, 1.807) is 24.3 Å². The van der Waals surface area contributed by atoms with Crippen LogP contribution in [0.3, 0.4) is 0 Å². The largest absolute Gasteiger partial charge is 0.459 e. The van der Waals surface area contributed by atoms with Crippen molar-refractivity contribution in [3.63, 3.8) is 0 Å². The van der Waals surface area contributed by atoms with E-state index in [4.69, 9.17) is 18.5 Å². The van der Waals surface area contributed by atoms with Gasteiger partial charge in [-0.1, -0.05) is 110 Å². The van der Waals surface area contributed by atoms with Gasteiger partial charge in [0.1, 0.15) is 25.0 Å². The SMILES string of the molecule is CP(=O)(Oc1ccc(C[C@H](NC(=O)OCC2c3ccccc3-c3ccccc32)C(=O)OCc2ccccc2)cc1)OC1CCCCC1. The first-order chi connectivity index (χ1) is 22.8. The third-order valence-corrected chi connectivity index (χ3v) is 9.89. The Hall–Kier alpha value is -4.39. The van der Waals surface area contributed by atoms with Crippen LogP contribution in [0, 0.1) is 0 Å². The van der Waals surface area contributed by atoms with Gasteiger partial charge in [-0.2, -0.15) is 0 Å². The summed E-state index contributed by atoms with van der Waals surface area (Å²) in [5, 5.41) is 2.74. The molecule has 4 aromatic carbocycles. The van der Waals surface area contributed by atoms with Gasteiger partial charge in [-0.25, -0.2) is 14.2 Å². The van der Waals surface area contributed by atoms with Crippen molar-refractivity contribution in [3.8, 4) is 16.9 Å². The molecule has 2 aliphatic carbocycles. The number of amides is 1. The number of fused-ring (bicyclic) bond motifs is 3. The molecule has 1 unspecified atom stereocenters. The highest BCUT2D eigenvalue weighted by Crippen LogP contribution is 2.47. The molecular weight excluding hydrogens is 613 g/mol. The number of carbonyl (C=O) groups is 2. The molecule has 0 heterocycles. The van der Waals surface area contributed by atoms with Crippen LogP contribution in [-0.4, -0.2) is 37.5 Å². The van der Waals surface area contributed by atoms with Gasteiger partial charge < -0.3 is 19.3 Å². The molecule has 2 atom stereocenters. The summed E-state index contributed by atoms with van der Waals surface area (Å²) >= 11 is 0. The smallest absolute Gasteiger partial charge is 0.407 e. The Kier molecular flexibility index (Phi) is 10.4. The highest BCUT2D eigenvalue weighted by Gasteiger charge is 2.31. The highest BCUT2D eigenvalue weighted by molar-refractivity contribution is 7.53. The summed E-state index contributed by atoms with van der Waals surface area (Å²) in [5.74, 6) is -0.287. The molecule has 4 aromatic rings. The summed E-state index contributed by atoms with van der Waals surface area (Å²) in [6, 6.07) is 31.5. The highest BCUT2D eigenvalue weighted by atomic mass is 31.2. The number of esters is 1. The normalized spacial score (nSPS) is 16.3. The number of alkyl carbamates (subject to hydrolysis) is 1. The van der Waals surface area contributed by atoms with Gasteiger partial charge in [0, 0.05) is 19.0 Å². The second kappa shape index (κ2) is 15.0. The molecule has 0 spiro atoms. The van der Waals surface area contributed by atoms with E-state index in [0.717, 1.165) is 59.1 Å². The van der Waals surface area contributed by atoms with Crippen LogP contribution in [0.1, 0.15) is 60.3 Å². The molecule has 8 nitrogen and oxygen atoms in total. The van der Waals surface area contributed by atoms with Crippen LogP contribution in [-0.2, 0) is 36.4 Å². The third kappa shape index (κ3) is 8.51. The Morgan fingerprint density at radius 3 is 2.04 bits per heavy atom. The van der Waals surface area contributed by atoms with E-state index >= 15 is 0 Å². The summed E-state index contributed by atoms with van der Waals surface area (Å²) in [6.07, 6.45) is 4.48. The van der Waals surface area contributed by atoms with Crippen molar-refractivity contribution in [1.29, 1.82) is 0 Å². The van der Waals surface area contributed by atoms with E-state index in [2.05, 4.69) is 29.6 Å². The molecule has 6 rings (SSSR count). The van der Waals surface area contributed by atoms with Gasteiger partial charge in [-0.15, -0.1) is 0 Å². The lowest BCUT2D eigenvalue weighted by Crippen LogP contribution is -2.43. The van der Waals surface area contributed by atoms with E-state index in [-0.39, 0.29) is 31.7 Å². The van der Waals surface area contributed by atoms with Gasteiger partial charge in [-0.05, 0) is 58.4 Å². The lowest BCUT2D eigenvalue weighted by molar-refractivity contribution is -0.147. The summed E-state index contributed by atoms with van der Waals surface area (Å²) in [5.41, 5.74) is 6.05. The maximum absolute atomic E-state index is 13.3. The Bertz CT molecular complexity index is 1670. The van der Waals surface area contributed by atoms with Crippen molar-refractivity contribution in [2.24, 2.45) is 0 Å². The molecule has 0 saturated heterocycles. The van der Waals surface area contributed by atoms with E-state index < -0.39 is 25.7 Å². The Balaban J connectivity index is 1.11. The number of hydrogen-bond donors (Lipinski definition) is 1. The fourth-order valence-electron chi connectivity index (χ4n) is 6.38. The summed E-state index contributed by atoms with van der Waals surface area (Å²) in [7, 11) is -3.30. The molecule has 0 bridgehead atoms. The average Bonchev–Trinajstić information content (AvgIpc) is 3.41. The van der Waals surface area contributed by atoms with Gasteiger partial charge >= 0.3 is 19.7 Å². The van der Waals surface area contributed by atoms with E-state index in [1.165, 1.54) is 13.1 Å². The second-order valence-electron chi connectivity index (χ2n) is 12.2. The fourth-order valence-corrected chi connectivity index (χ4v) is 7.68. The summed E-state index contributed by atoms with van der Waals surface area (Å²) < 4.78 is 36.0. The number of carbonyl (C=O) groups excluding carboxylic acids is 2. The molecule has 1 fully saturated rings. The van der Waals surface area contributed by atoms with E-state index in [0.29, 0.717) is 5.75 Å². The first-order valence-electron chi connectivity index (χ1n) is 16.2. The fraction of sp³-hybridized carbons (Fsp3) is 0.316. The Morgan fingerprint density at radius 2 is 1.38 bits per heavy atom. The minimum Gasteiger partial charge on any atom is -0.459 e. The topological polar surface area (TPSA) is 100 Å². The van der Waals surface area contributed by atoms with Crippen molar-refractivity contribution >= 4 is 19.7 Å². The van der Waals surface area contributed by atoms with Crippen molar-refractivity contribution in [2.45, 2.75) is 63.2 Å². The van der Waals surface area contributed by atoms with Gasteiger partial charge in [0.15, 0.2) is 0 Å². The van der Waals surface area contributed by atoms with Gasteiger partial charge in [-0.3, -0.25) is 4.52 Å². The van der Waals surface area contributed by atoms with Crippen molar-refractivity contribution in [3.05, 3.63) is 125 Å². The first kappa shape index (κ1) is 32.5. The Labute approximate surface area is 275 Å². The Morgan fingerprint density at radius 1 is 0.766 bits per heavy atom. The number of benzene rings is 4. The van der Waals surface area contributed by atoms with Crippen molar-refractivity contribution in [2.75, 3.05) is 13.3 Å². The maximum Gasteiger partial charge on any atom is 0.407 e. The minimum atomic E-state index is -3.30. The monoisotopic (exact) mass is 653 g/mol. The molecule has 47 heavy (non-hydrogen) atoms. The number of rotatable bonds is 12. The van der Waals surface area contributed by atoms with E-state index in [1.807, 2.05) is 54.6 Å². The molecule has 0 aliphatic heterocycles. The first-order valence-corrected chi connectivity index (χ1v) is 18.2. The van der Waals surface area contributed by atoms with Gasteiger partial charge in [0.2, 0.25) is 0 Å². The quantitative estimate of drug-likeness (QED) is 0.121. The van der Waals surface area contributed by atoms with Crippen LogP contribution < -0.4 is 9.84 Å². The molecule has 1 saturated carbocycles. The standard InChI is InChI=1S/C38H40NO7P/c1-47(42,45-29-14-6-3-7-15-29)46-30-22-20-27(21-23-30)24-36(37(40)43-25-28-12-4-2-5-13-28)39-38(41)44-26-35-33-18-10-8-16-31(33)32-17-9-11-19-34(32)35/h2,4-5,8-13,16-23,29,35-36H,3,6-7,14-15,24-26H2,1H3,(H,39,41)/t36-,47?/m0/s1. The van der Waals surface area contributed by atoms with Crippen molar-refractivity contribution in [1.82, 2.24) is 5.32 Å². The maximum atomic E-state index is 13.3. The van der Waals surface area contributed by atoms with E-state index in [9.17, 15) is 14.2 Å². The lowest BCUT2D eigenvalue weighted by atomic mass is 9.98. The molecule has 1 N–H and O–H groups in total. The van der Waals surface area contributed by atoms with Crippen LogP contribution in [0.5, 0.6) is 5.75 Å². The molecule has 9 heteroatoms. The van der Waals surface area contributed by atoms with Crippen molar-refractivity contribution < 1.29 is 32.7 Å². The third-order valence-electron chi connectivity index (χ3n) is 8.67. The zero-order valence-electron chi connectivity index (χ0n) is 26.5. The predicted octanol–water partition coefficient (Wildman–Crippen LogP) is 8.43. The molecule has 244 valence electrons. The van der Waals surface area contributed by atoms with Crippen LogP contribution in [0.25, 0.3) is 11.1 Å².